The van der Waals surface area contributed by atoms with Gasteiger partial charge in [-0.1, -0.05) is 30.3 Å². The van der Waals surface area contributed by atoms with E-state index in [4.69, 9.17) is 10.8 Å². The van der Waals surface area contributed by atoms with Gasteiger partial charge in [0, 0.05) is 24.9 Å². The van der Waals surface area contributed by atoms with E-state index in [1.165, 1.54) is 0 Å². The summed E-state index contributed by atoms with van der Waals surface area (Å²) in [6, 6.07) is 9.14. The number of amides is 1. The monoisotopic (exact) mass is 316 g/mol. The summed E-state index contributed by atoms with van der Waals surface area (Å²) in [7, 11) is 0. The normalized spacial score (nSPS) is 13.3. The van der Waals surface area contributed by atoms with Crippen LogP contribution in [0.4, 0.5) is 0 Å². The van der Waals surface area contributed by atoms with E-state index in [0.717, 1.165) is 11.3 Å². The second-order valence-electron chi connectivity index (χ2n) is 5.47. The van der Waals surface area contributed by atoms with Crippen LogP contribution in [0.15, 0.2) is 42.9 Å². The Morgan fingerprint density at radius 2 is 2.04 bits per heavy atom. The molecule has 1 heterocycles. The number of aromatic nitrogens is 2. The van der Waals surface area contributed by atoms with Crippen LogP contribution in [0.2, 0.25) is 0 Å². The zero-order valence-corrected chi connectivity index (χ0v) is 12.7. The van der Waals surface area contributed by atoms with Gasteiger partial charge in [0.25, 0.3) is 0 Å². The number of nitrogens with two attached hydrogens (primary N) is 1. The van der Waals surface area contributed by atoms with Crippen molar-refractivity contribution in [3.63, 3.8) is 0 Å². The van der Waals surface area contributed by atoms with E-state index in [9.17, 15) is 9.59 Å². The number of aliphatic carboxylic acids is 1. The molecule has 2 rings (SSSR count). The minimum atomic E-state index is -1.48. The maximum absolute atomic E-state index is 12.4. The van der Waals surface area contributed by atoms with Gasteiger partial charge in [-0.25, -0.2) is 4.98 Å². The highest BCUT2D eigenvalue weighted by atomic mass is 16.4. The number of rotatable bonds is 8. The Hall–Kier alpha value is -2.67. The van der Waals surface area contributed by atoms with Gasteiger partial charge in [0.1, 0.15) is 5.54 Å². The van der Waals surface area contributed by atoms with Crippen molar-refractivity contribution in [3.05, 3.63) is 54.1 Å². The molecule has 1 atom stereocenters. The molecule has 0 unspecified atom stereocenters. The minimum absolute atomic E-state index is 0.163. The molecule has 2 aromatic rings. The summed E-state index contributed by atoms with van der Waals surface area (Å²) in [6.45, 7) is 0.356. The van der Waals surface area contributed by atoms with Crippen LogP contribution in [0, 0.1) is 0 Å². The summed E-state index contributed by atoms with van der Waals surface area (Å²) in [5.41, 5.74) is 6.34. The van der Waals surface area contributed by atoms with Gasteiger partial charge in [-0.05, 0) is 12.0 Å². The lowest BCUT2D eigenvalue weighted by Gasteiger charge is -2.26. The molecule has 0 aliphatic rings. The van der Waals surface area contributed by atoms with Gasteiger partial charge < -0.3 is 21.1 Å². The fraction of sp³-hybridized carbons (Fsp3) is 0.312. The highest BCUT2D eigenvalue weighted by Crippen LogP contribution is 2.16. The maximum Gasteiger partial charge on any atom is 0.305 e. The number of imidazole rings is 1. The molecule has 23 heavy (non-hydrogen) atoms. The largest absolute Gasteiger partial charge is 0.481 e. The second-order valence-corrected chi connectivity index (χ2v) is 5.47. The van der Waals surface area contributed by atoms with E-state index in [0.29, 0.717) is 13.0 Å². The first kappa shape index (κ1) is 16.7. The SMILES string of the molecule is N[C@](CC(=O)O)(Cc1ccccc1)C(=O)NCCc1cnc[nH]1. The molecule has 0 saturated heterocycles. The van der Waals surface area contributed by atoms with Gasteiger partial charge >= 0.3 is 5.97 Å². The van der Waals surface area contributed by atoms with E-state index < -0.39 is 23.8 Å². The van der Waals surface area contributed by atoms with Crippen LogP contribution in [0.3, 0.4) is 0 Å². The molecular formula is C16H20N4O3. The van der Waals surface area contributed by atoms with E-state index in [2.05, 4.69) is 15.3 Å². The second kappa shape index (κ2) is 7.55. The Labute approximate surface area is 133 Å². The van der Waals surface area contributed by atoms with Crippen molar-refractivity contribution < 1.29 is 14.7 Å². The number of nitrogens with one attached hydrogen (secondary N) is 2. The number of H-pyrrole nitrogens is 1. The molecule has 5 N–H and O–H groups in total. The Morgan fingerprint density at radius 1 is 1.30 bits per heavy atom. The number of carboxylic acid groups (broad SMARTS) is 1. The first-order valence-electron chi connectivity index (χ1n) is 7.30. The molecule has 0 aliphatic carbocycles. The van der Waals surface area contributed by atoms with Crippen LogP contribution in [-0.2, 0) is 22.4 Å². The first-order valence-corrected chi connectivity index (χ1v) is 7.30. The average molecular weight is 316 g/mol. The van der Waals surface area contributed by atoms with Gasteiger partial charge in [-0.15, -0.1) is 0 Å². The zero-order valence-electron chi connectivity index (χ0n) is 12.7. The maximum atomic E-state index is 12.4. The Morgan fingerprint density at radius 3 is 2.65 bits per heavy atom. The number of aromatic amines is 1. The highest BCUT2D eigenvalue weighted by molar-refractivity contribution is 5.90. The topological polar surface area (TPSA) is 121 Å². The number of carbonyl (C=O) groups is 2. The number of hydrogen-bond donors (Lipinski definition) is 4. The summed E-state index contributed by atoms with van der Waals surface area (Å²) < 4.78 is 0. The molecule has 7 heteroatoms. The quantitative estimate of drug-likeness (QED) is 0.564. The summed E-state index contributed by atoms with van der Waals surface area (Å²) in [5.74, 6) is -1.57. The fourth-order valence-corrected chi connectivity index (χ4v) is 2.36. The van der Waals surface area contributed by atoms with Crippen molar-refractivity contribution in [3.8, 4) is 0 Å². The van der Waals surface area contributed by atoms with Crippen LogP contribution in [0.1, 0.15) is 17.7 Å². The third-order valence-electron chi connectivity index (χ3n) is 3.52. The van der Waals surface area contributed by atoms with Crippen molar-refractivity contribution in [2.45, 2.75) is 24.8 Å². The zero-order chi connectivity index (χ0) is 16.7. The smallest absolute Gasteiger partial charge is 0.305 e. The lowest BCUT2D eigenvalue weighted by Crippen LogP contribution is -2.57. The standard InChI is InChI=1S/C16H20N4O3/c17-16(9-14(21)22,8-12-4-2-1-3-5-12)15(23)19-7-6-13-10-18-11-20-13/h1-5,10-11H,6-9,17H2,(H,18,20)(H,19,23)(H,21,22)/t16-/m0/s1. The van der Waals surface area contributed by atoms with Crippen LogP contribution < -0.4 is 11.1 Å². The predicted octanol–water partition coefficient (Wildman–Crippen LogP) is 0.483. The fourth-order valence-electron chi connectivity index (χ4n) is 2.36. The molecule has 1 amide bonds. The Bertz CT molecular complexity index is 643. The van der Waals surface area contributed by atoms with Gasteiger partial charge in [0.05, 0.1) is 12.7 Å². The Kier molecular flexibility index (Phi) is 5.48. The van der Waals surface area contributed by atoms with Crippen LogP contribution >= 0.6 is 0 Å². The number of benzene rings is 1. The highest BCUT2D eigenvalue weighted by Gasteiger charge is 2.36. The molecule has 0 saturated carbocycles. The third-order valence-corrected chi connectivity index (χ3v) is 3.52. The van der Waals surface area contributed by atoms with E-state index in [1.807, 2.05) is 30.3 Å². The lowest BCUT2D eigenvalue weighted by molar-refractivity contribution is -0.142. The number of carboxylic acids is 1. The first-order chi connectivity index (χ1) is 11.0. The predicted molar refractivity (Wildman–Crippen MR) is 84.6 cm³/mol. The van der Waals surface area contributed by atoms with Gasteiger partial charge in [-0.3, -0.25) is 9.59 Å². The van der Waals surface area contributed by atoms with Crippen molar-refractivity contribution in [1.29, 1.82) is 0 Å². The third kappa shape index (κ3) is 4.93. The molecular weight excluding hydrogens is 296 g/mol. The molecule has 0 spiro atoms. The minimum Gasteiger partial charge on any atom is -0.481 e. The van der Waals surface area contributed by atoms with Crippen molar-refractivity contribution in [2.24, 2.45) is 5.73 Å². The molecule has 1 aromatic heterocycles. The molecule has 0 bridgehead atoms. The number of hydrogen-bond acceptors (Lipinski definition) is 4. The summed E-state index contributed by atoms with van der Waals surface area (Å²) >= 11 is 0. The van der Waals surface area contributed by atoms with Crippen LogP contribution in [0.25, 0.3) is 0 Å². The van der Waals surface area contributed by atoms with Crippen molar-refractivity contribution in [2.75, 3.05) is 6.54 Å². The van der Waals surface area contributed by atoms with Gasteiger partial charge in [0.15, 0.2) is 0 Å². The molecule has 122 valence electrons. The van der Waals surface area contributed by atoms with Crippen molar-refractivity contribution in [1.82, 2.24) is 15.3 Å². The molecule has 0 aliphatic heterocycles. The van der Waals surface area contributed by atoms with E-state index >= 15 is 0 Å². The van der Waals surface area contributed by atoms with Crippen molar-refractivity contribution >= 4 is 11.9 Å². The van der Waals surface area contributed by atoms with Gasteiger partial charge in [0.2, 0.25) is 5.91 Å². The average Bonchev–Trinajstić information content (AvgIpc) is 3.00. The van der Waals surface area contributed by atoms with E-state index in [-0.39, 0.29) is 6.42 Å². The molecule has 1 aromatic carbocycles. The molecule has 7 nitrogen and oxygen atoms in total. The lowest BCUT2D eigenvalue weighted by atomic mass is 9.87. The van der Waals surface area contributed by atoms with Crippen LogP contribution in [-0.4, -0.2) is 39.0 Å². The number of nitrogens with zero attached hydrogens (tertiary/aromatic N) is 1. The van der Waals surface area contributed by atoms with Crippen LogP contribution in [0.5, 0.6) is 0 Å². The van der Waals surface area contributed by atoms with E-state index in [1.54, 1.807) is 12.5 Å². The number of carbonyl (C=O) groups excluding carboxylic acids is 1. The summed E-state index contributed by atoms with van der Waals surface area (Å²) in [4.78, 5) is 30.3. The summed E-state index contributed by atoms with van der Waals surface area (Å²) in [6.07, 6.45) is 3.53. The molecule has 0 fully saturated rings. The molecule has 0 radical (unpaired) electrons. The Balaban J connectivity index is 2.00. The summed E-state index contributed by atoms with van der Waals surface area (Å²) in [5, 5.41) is 11.8. The van der Waals surface area contributed by atoms with Gasteiger partial charge in [-0.2, -0.15) is 0 Å².